The predicted octanol–water partition coefficient (Wildman–Crippen LogP) is 2.89. The van der Waals surface area contributed by atoms with E-state index in [2.05, 4.69) is 20.7 Å². The lowest BCUT2D eigenvalue weighted by atomic mass is 10.0. The van der Waals surface area contributed by atoms with E-state index in [4.69, 9.17) is 4.74 Å². The van der Waals surface area contributed by atoms with Crippen LogP contribution < -0.4 is 10.6 Å². The van der Waals surface area contributed by atoms with Gasteiger partial charge in [0.25, 0.3) is 0 Å². The third-order valence-electron chi connectivity index (χ3n) is 4.81. The molecular formula is C23H27N5O3. The van der Waals surface area contributed by atoms with Crippen molar-refractivity contribution >= 4 is 12.0 Å². The average molecular weight is 422 g/mol. The highest BCUT2D eigenvalue weighted by Crippen LogP contribution is 2.11. The van der Waals surface area contributed by atoms with E-state index in [1.807, 2.05) is 68.4 Å². The summed E-state index contributed by atoms with van der Waals surface area (Å²) < 4.78 is 6.98. The lowest BCUT2D eigenvalue weighted by Gasteiger charge is -2.22. The fraction of sp³-hybridized carbons (Fsp3) is 0.304. The van der Waals surface area contributed by atoms with Crippen LogP contribution in [0.4, 0.5) is 4.79 Å². The lowest BCUT2D eigenvalue weighted by Crippen LogP contribution is -2.49. The fourth-order valence-corrected chi connectivity index (χ4v) is 3.09. The lowest BCUT2D eigenvalue weighted by molar-refractivity contribution is -0.124. The molecule has 0 aliphatic rings. The second kappa shape index (κ2) is 10.9. The molecule has 3 aromatic rings. The summed E-state index contributed by atoms with van der Waals surface area (Å²) in [6.07, 6.45) is 2.51. The molecule has 162 valence electrons. The summed E-state index contributed by atoms with van der Waals surface area (Å²) in [4.78, 5) is 29.0. The summed E-state index contributed by atoms with van der Waals surface area (Å²) in [6, 6.07) is 16.5. The van der Waals surface area contributed by atoms with Gasteiger partial charge in [0.2, 0.25) is 5.91 Å². The zero-order valence-electron chi connectivity index (χ0n) is 17.7. The number of nitrogens with one attached hydrogen (secondary N) is 2. The molecule has 1 heterocycles. The largest absolute Gasteiger partial charge is 0.445 e. The van der Waals surface area contributed by atoms with E-state index in [1.165, 1.54) is 6.33 Å². The molecule has 0 fully saturated rings. The number of hydrogen-bond acceptors (Lipinski definition) is 5. The summed E-state index contributed by atoms with van der Waals surface area (Å²) in [7, 11) is 0. The molecular weight excluding hydrogens is 394 g/mol. The van der Waals surface area contributed by atoms with E-state index in [0.29, 0.717) is 13.1 Å². The number of rotatable bonds is 9. The second-order valence-electron chi connectivity index (χ2n) is 7.51. The zero-order chi connectivity index (χ0) is 22.1. The van der Waals surface area contributed by atoms with E-state index in [1.54, 1.807) is 11.0 Å². The van der Waals surface area contributed by atoms with Crippen molar-refractivity contribution in [1.82, 2.24) is 25.4 Å². The Morgan fingerprint density at radius 1 is 1.03 bits per heavy atom. The van der Waals surface area contributed by atoms with Crippen LogP contribution in [0.1, 0.15) is 30.5 Å². The van der Waals surface area contributed by atoms with Gasteiger partial charge in [-0.15, -0.1) is 0 Å². The molecule has 2 aromatic carbocycles. The summed E-state index contributed by atoms with van der Waals surface area (Å²) in [5, 5.41) is 9.73. The average Bonchev–Trinajstić information content (AvgIpc) is 3.29. The Balaban J connectivity index is 1.55. The molecule has 31 heavy (non-hydrogen) atoms. The van der Waals surface area contributed by atoms with Crippen molar-refractivity contribution in [1.29, 1.82) is 0 Å². The van der Waals surface area contributed by atoms with Crippen LogP contribution in [0.3, 0.4) is 0 Å². The predicted molar refractivity (Wildman–Crippen MR) is 116 cm³/mol. The number of hydrogen-bond donors (Lipinski definition) is 2. The van der Waals surface area contributed by atoms with E-state index in [9.17, 15) is 9.59 Å². The normalized spacial score (nSPS) is 11.7. The summed E-state index contributed by atoms with van der Waals surface area (Å²) >= 11 is 0. The Morgan fingerprint density at radius 3 is 2.42 bits per heavy atom. The first-order valence-electron chi connectivity index (χ1n) is 10.2. The minimum atomic E-state index is -0.703. The third kappa shape index (κ3) is 6.67. The van der Waals surface area contributed by atoms with Crippen LogP contribution in [0.15, 0.2) is 67.3 Å². The number of alkyl carbamates (subject to hydrolysis) is 1. The number of benzene rings is 2. The first-order chi connectivity index (χ1) is 15.0. The molecule has 3 rings (SSSR count). The van der Waals surface area contributed by atoms with Crippen molar-refractivity contribution in [3.05, 3.63) is 83.9 Å². The molecule has 0 saturated carbocycles. The molecule has 0 aliphatic carbocycles. The zero-order valence-corrected chi connectivity index (χ0v) is 17.7. The van der Waals surface area contributed by atoms with Gasteiger partial charge in [0.05, 0.1) is 6.54 Å². The quantitative estimate of drug-likeness (QED) is 0.554. The number of carbonyl (C=O) groups is 2. The van der Waals surface area contributed by atoms with Crippen LogP contribution in [0.25, 0.3) is 0 Å². The van der Waals surface area contributed by atoms with Crippen LogP contribution in [-0.2, 0) is 29.2 Å². The maximum Gasteiger partial charge on any atom is 0.408 e. The fourth-order valence-electron chi connectivity index (χ4n) is 3.09. The smallest absolute Gasteiger partial charge is 0.408 e. The standard InChI is InChI=1S/C23H27N5O3/c1-17(2)21(27-23(30)31-14-18-8-4-3-5-9-18)22(29)25-12-19-10-6-7-11-20(19)13-28-16-24-15-26-28/h3-11,15-17,21H,12-14H2,1-2H3,(H,25,29)(H,27,30)/t21-/m0/s1. The van der Waals surface area contributed by atoms with Gasteiger partial charge < -0.3 is 15.4 Å². The monoisotopic (exact) mass is 421 g/mol. The molecule has 2 amide bonds. The highest BCUT2D eigenvalue weighted by atomic mass is 16.5. The van der Waals surface area contributed by atoms with Crippen LogP contribution in [0.2, 0.25) is 0 Å². The maximum absolute atomic E-state index is 12.8. The van der Waals surface area contributed by atoms with Gasteiger partial charge in [-0.25, -0.2) is 14.5 Å². The summed E-state index contributed by atoms with van der Waals surface area (Å²) in [6.45, 7) is 4.80. The molecule has 1 aromatic heterocycles. The van der Waals surface area contributed by atoms with Gasteiger partial charge in [0.15, 0.2) is 0 Å². The highest BCUT2D eigenvalue weighted by molar-refractivity contribution is 5.85. The molecule has 0 spiro atoms. The summed E-state index contributed by atoms with van der Waals surface area (Å²) in [5.74, 6) is -0.364. The van der Waals surface area contributed by atoms with Gasteiger partial charge in [-0.05, 0) is 22.6 Å². The van der Waals surface area contributed by atoms with Gasteiger partial charge in [-0.3, -0.25) is 4.79 Å². The van der Waals surface area contributed by atoms with Gasteiger partial charge in [0.1, 0.15) is 25.3 Å². The molecule has 8 nitrogen and oxygen atoms in total. The van der Waals surface area contributed by atoms with Gasteiger partial charge in [-0.2, -0.15) is 5.10 Å². The van der Waals surface area contributed by atoms with Crippen molar-refractivity contribution in [2.45, 2.75) is 39.6 Å². The third-order valence-corrected chi connectivity index (χ3v) is 4.81. The SMILES string of the molecule is CC(C)[C@H](NC(=O)OCc1ccccc1)C(=O)NCc1ccccc1Cn1cncn1. The molecule has 1 atom stereocenters. The first kappa shape index (κ1) is 22.0. The van der Waals surface area contributed by atoms with E-state index < -0.39 is 12.1 Å². The van der Waals surface area contributed by atoms with Gasteiger partial charge >= 0.3 is 6.09 Å². The first-order valence-corrected chi connectivity index (χ1v) is 10.2. The minimum Gasteiger partial charge on any atom is -0.445 e. The molecule has 0 aliphatic heterocycles. The van der Waals surface area contributed by atoms with Crippen LogP contribution in [0, 0.1) is 5.92 Å². The Hall–Kier alpha value is -3.68. The van der Waals surface area contributed by atoms with Gasteiger partial charge in [0, 0.05) is 6.54 Å². The number of nitrogens with zero attached hydrogens (tertiary/aromatic N) is 3. The summed E-state index contributed by atoms with van der Waals surface area (Å²) in [5.41, 5.74) is 2.89. The second-order valence-corrected chi connectivity index (χ2v) is 7.51. The molecule has 2 N–H and O–H groups in total. The molecule has 0 radical (unpaired) electrons. The molecule has 8 heteroatoms. The number of carbonyl (C=O) groups excluding carboxylic acids is 2. The van der Waals surface area contributed by atoms with Crippen LogP contribution in [-0.4, -0.2) is 32.8 Å². The van der Waals surface area contributed by atoms with Crippen molar-refractivity contribution in [3.8, 4) is 0 Å². The molecule has 0 bridgehead atoms. The Morgan fingerprint density at radius 2 is 1.74 bits per heavy atom. The maximum atomic E-state index is 12.8. The molecule has 0 unspecified atom stereocenters. The van der Waals surface area contributed by atoms with Crippen molar-refractivity contribution in [2.75, 3.05) is 0 Å². The minimum absolute atomic E-state index is 0.102. The number of amides is 2. The van der Waals surface area contributed by atoms with Crippen molar-refractivity contribution < 1.29 is 14.3 Å². The van der Waals surface area contributed by atoms with E-state index in [-0.39, 0.29) is 18.4 Å². The van der Waals surface area contributed by atoms with Crippen LogP contribution in [0.5, 0.6) is 0 Å². The Bertz CT molecular complexity index is 974. The van der Waals surface area contributed by atoms with E-state index >= 15 is 0 Å². The molecule has 0 saturated heterocycles. The highest BCUT2D eigenvalue weighted by Gasteiger charge is 2.24. The van der Waals surface area contributed by atoms with Crippen molar-refractivity contribution in [3.63, 3.8) is 0 Å². The van der Waals surface area contributed by atoms with Gasteiger partial charge in [-0.1, -0.05) is 68.4 Å². The number of ether oxygens (including phenoxy) is 1. The van der Waals surface area contributed by atoms with E-state index in [0.717, 1.165) is 16.7 Å². The Labute approximate surface area is 181 Å². The topological polar surface area (TPSA) is 98.1 Å². The number of aromatic nitrogens is 3. The van der Waals surface area contributed by atoms with Crippen molar-refractivity contribution in [2.24, 2.45) is 5.92 Å². The van der Waals surface area contributed by atoms with Crippen LogP contribution >= 0.6 is 0 Å². The Kier molecular flexibility index (Phi) is 7.75.